The maximum atomic E-state index is 9.97. The molecule has 0 radical (unpaired) electrons. The molecule has 0 aromatic carbocycles. The molecule has 0 bridgehead atoms. The SMILES string of the molecule is CC(C)OCCOCC(O)CNC1CCCCCC1O. The Bertz CT molecular complexity index is 238. The molecule has 1 saturated carbocycles. The Kier molecular flexibility index (Phi) is 9.39. The lowest BCUT2D eigenvalue weighted by Crippen LogP contribution is -2.43. The van der Waals surface area contributed by atoms with Gasteiger partial charge in [-0.1, -0.05) is 19.3 Å². The summed E-state index contributed by atoms with van der Waals surface area (Å²) in [5.74, 6) is 0. The first-order chi connectivity index (χ1) is 9.59. The molecule has 1 fully saturated rings. The highest BCUT2D eigenvalue weighted by Crippen LogP contribution is 2.17. The molecule has 0 spiro atoms. The fraction of sp³-hybridized carbons (Fsp3) is 1.00. The normalized spacial score (nSPS) is 25.6. The summed E-state index contributed by atoms with van der Waals surface area (Å²) in [6.45, 7) is 5.79. The van der Waals surface area contributed by atoms with Crippen molar-refractivity contribution in [2.75, 3.05) is 26.4 Å². The van der Waals surface area contributed by atoms with Crippen LogP contribution in [0, 0.1) is 0 Å². The molecule has 0 aromatic rings. The first-order valence-electron chi connectivity index (χ1n) is 7.88. The van der Waals surface area contributed by atoms with Crippen molar-refractivity contribution in [1.29, 1.82) is 0 Å². The second-order valence-electron chi connectivity index (χ2n) is 5.87. The van der Waals surface area contributed by atoms with Crippen molar-refractivity contribution in [2.45, 2.75) is 70.3 Å². The minimum Gasteiger partial charge on any atom is -0.392 e. The Balaban J connectivity index is 2.05. The van der Waals surface area contributed by atoms with Gasteiger partial charge in [0.2, 0.25) is 0 Å². The van der Waals surface area contributed by atoms with E-state index in [9.17, 15) is 10.2 Å². The summed E-state index contributed by atoms with van der Waals surface area (Å²) >= 11 is 0. The highest BCUT2D eigenvalue weighted by Gasteiger charge is 2.21. The molecule has 0 saturated heterocycles. The second kappa shape index (κ2) is 10.5. The molecule has 120 valence electrons. The van der Waals surface area contributed by atoms with Crippen molar-refractivity contribution in [3.63, 3.8) is 0 Å². The summed E-state index contributed by atoms with van der Waals surface area (Å²) in [7, 11) is 0. The van der Waals surface area contributed by atoms with Crippen LogP contribution in [0.4, 0.5) is 0 Å². The minimum absolute atomic E-state index is 0.108. The summed E-state index contributed by atoms with van der Waals surface area (Å²) in [5.41, 5.74) is 0. The van der Waals surface area contributed by atoms with Crippen LogP contribution in [0.3, 0.4) is 0 Å². The molecule has 0 amide bonds. The molecule has 1 rings (SSSR count). The first kappa shape index (κ1) is 17.9. The van der Waals surface area contributed by atoms with Crippen molar-refractivity contribution >= 4 is 0 Å². The minimum atomic E-state index is -0.537. The predicted molar refractivity (Wildman–Crippen MR) is 78.8 cm³/mol. The van der Waals surface area contributed by atoms with E-state index in [2.05, 4.69) is 5.32 Å². The van der Waals surface area contributed by atoms with Gasteiger partial charge in [-0.05, 0) is 26.7 Å². The van der Waals surface area contributed by atoms with Crippen LogP contribution in [0.25, 0.3) is 0 Å². The van der Waals surface area contributed by atoms with Gasteiger partial charge in [-0.3, -0.25) is 0 Å². The number of aliphatic hydroxyl groups is 2. The predicted octanol–water partition coefficient (Wildman–Crippen LogP) is 1.07. The average molecular weight is 289 g/mol. The van der Waals surface area contributed by atoms with Gasteiger partial charge < -0.3 is 25.0 Å². The van der Waals surface area contributed by atoms with E-state index in [1.54, 1.807) is 0 Å². The monoisotopic (exact) mass is 289 g/mol. The van der Waals surface area contributed by atoms with Gasteiger partial charge in [-0.15, -0.1) is 0 Å². The molecule has 3 unspecified atom stereocenters. The summed E-state index contributed by atoms with van der Waals surface area (Å²) in [6.07, 6.45) is 4.66. The van der Waals surface area contributed by atoms with E-state index in [1.165, 1.54) is 6.42 Å². The van der Waals surface area contributed by atoms with Gasteiger partial charge in [0.1, 0.15) is 0 Å². The van der Waals surface area contributed by atoms with Gasteiger partial charge in [-0.25, -0.2) is 0 Å². The third kappa shape index (κ3) is 8.17. The van der Waals surface area contributed by atoms with E-state index in [1.807, 2.05) is 13.8 Å². The van der Waals surface area contributed by atoms with Gasteiger partial charge in [0.15, 0.2) is 0 Å². The smallest absolute Gasteiger partial charge is 0.0897 e. The van der Waals surface area contributed by atoms with Crippen LogP contribution in [0.1, 0.15) is 46.0 Å². The lowest BCUT2D eigenvalue weighted by Gasteiger charge is -2.23. The van der Waals surface area contributed by atoms with Crippen molar-refractivity contribution in [1.82, 2.24) is 5.32 Å². The van der Waals surface area contributed by atoms with Crippen LogP contribution in [0.5, 0.6) is 0 Å². The van der Waals surface area contributed by atoms with Crippen molar-refractivity contribution in [2.24, 2.45) is 0 Å². The van der Waals surface area contributed by atoms with Gasteiger partial charge in [0, 0.05) is 12.6 Å². The average Bonchev–Trinajstić information content (AvgIpc) is 2.60. The topological polar surface area (TPSA) is 71.0 Å². The zero-order valence-electron chi connectivity index (χ0n) is 12.9. The van der Waals surface area contributed by atoms with Crippen molar-refractivity contribution in [3.8, 4) is 0 Å². The summed E-state index contributed by atoms with van der Waals surface area (Å²) in [4.78, 5) is 0. The van der Waals surface area contributed by atoms with E-state index in [-0.39, 0.29) is 18.2 Å². The van der Waals surface area contributed by atoms with Gasteiger partial charge in [0.05, 0.1) is 38.1 Å². The number of nitrogens with one attached hydrogen (secondary N) is 1. The van der Waals surface area contributed by atoms with Gasteiger partial charge in [0.25, 0.3) is 0 Å². The Hall–Kier alpha value is -0.200. The molecule has 3 atom stereocenters. The largest absolute Gasteiger partial charge is 0.392 e. The quantitative estimate of drug-likeness (QED) is 0.437. The van der Waals surface area contributed by atoms with Crippen LogP contribution < -0.4 is 5.32 Å². The number of rotatable bonds is 9. The Morgan fingerprint density at radius 1 is 1.15 bits per heavy atom. The zero-order valence-corrected chi connectivity index (χ0v) is 12.9. The van der Waals surface area contributed by atoms with Crippen LogP contribution in [0.2, 0.25) is 0 Å². The first-order valence-corrected chi connectivity index (χ1v) is 7.88. The molecule has 20 heavy (non-hydrogen) atoms. The molecule has 5 nitrogen and oxygen atoms in total. The van der Waals surface area contributed by atoms with Gasteiger partial charge >= 0.3 is 0 Å². The molecule has 1 aliphatic rings. The maximum Gasteiger partial charge on any atom is 0.0897 e. The summed E-state index contributed by atoms with van der Waals surface area (Å²) in [5, 5.41) is 23.1. The lowest BCUT2D eigenvalue weighted by atomic mass is 10.1. The second-order valence-corrected chi connectivity index (χ2v) is 5.87. The third-order valence-corrected chi connectivity index (χ3v) is 3.58. The molecule has 5 heteroatoms. The Morgan fingerprint density at radius 2 is 1.90 bits per heavy atom. The van der Waals surface area contributed by atoms with E-state index >= 15 is 0 Å². The number of hydrogen-bond donors (Lipinski definition) is 3. The molecule has 1 aliphatic carbocycles. The van der Waals surface area contributed by atoms with Gasteiger partial charge in [-0.2, -0.15) is 0 Å². The van der Waals surface area contributed by atoms with E-state index in [0.29, 0.717) is 26.4 Å². The zero-order chi connectivity index (χ0) is 14.8. The molecule has 0 aromatic heterocycles. The molecule has 3 N–H and O–H groups in total. The number of hydrogen-bond acceptors (Lipinski definition) is 5. The lowest BCUT2D eigenvalue weighted by molar-refractivity contribution is -0.0117. The molecule has 0 aliphatic heterocycles. The summed E-state index contributed by atoms with van der Waals surface area (Å²) in [6, 6.07) is 0.108. The highest BCUT2D eigenvalue weighted by atomic mass is 16.5. The van der Waals surface area contributed by atoms with E-state index in [4.69, 9.17) is 9.47 Å². The van der Waals surface area contributed by atoms with E-state index in [0.717, 1.165) is 25.7 Å². The van der Waals surface area contributed by atoms with E-state index < -0.39 is 6.10 Å². The van der Waals surface area contributed by atoms with Crippen LogP contribution >= 0.6 is 0 Å². The number of aliphatic hydroxyl groups excluding tert-OH is 2. The molecule has 0 heterocycles. The summed E-state index contributed by atoms with van der Waals surface area (Å²) < 4.78 is 10.7. The Labute approximate surface area is 122 Å². The third-order valence-electron chi connectivity index (χ3n) is 3.58. The van der Waals surface area contributed by atoms with Crippen LogP contribution in [-0.2, 0) is 9.47 Å². The maximum absolute atomic E-state index is 9.97. The van der Waals surface area contributed by atoms with Crippen LogP contribution in [-0.4, -0.2) is 60.9 Å². The van der Waals surface area contributed by atoms with Crippen molar-refractivity contribution < 1.29 is 19.7 Å². The number of ether oxygens (including phenoxy) is 2. The standard InChI is InChI=1S/C15H31NO4/c1-12(2)20-9-8-19-11-13(17)10-16-14-6-4-3-5-7-15(14)18/h12-18H,3-11H2,1-2H3. The highest BCUT2D eigenvalue weighted by molar-refractivity contribution is 4.79. The molecular formula is C15H31NO4. The fourth-order valence-electron chi connectivity index (χ4n) is 2.43. The fourth-order valence-corrected chi connectivity index (χ4v) is 2.43. The van der Waals surface area contributed by atoms with Crippen LogP contribution in [0.15, 0.2) is 0 Å². The molecular weight excluding hydrogens is 258 g/mol. The van der Waals surface area contributed by atoms with Crippen molar-refractivity contribution in [3.05, 3.63) is 0 Å². The Morgan fingerprint density at radius 3 is 2.65 bits per heavy atom.